The fourth-order valence-corrected chi connectivity index (χ4v) is 3.81. The number of methoxy groups -OCH3 is 1. The fraction of sp³-hybridized carbons (Fsp3) is 0.222. The second-order valence-corrected chi connectivity index (χ2v) is 6.92. The van der Waals surface area contributed by atoms with Crippen LogP contribution < -0.4 is 10.1 Å². The van der Waals surface area contributed by atoms with Crippen LogP contribution in [0, 0.1) is 0 Å². The number of carbonyl (C=O) groups excluding carboxylic acids is 2. The quantitative estimate of drug-likeness (QED) is 0.647. The van der Waals surface area contributed by atoms with Gasteiger partial charge in [-0.25, -0.2) is 14.8 Å². The highest BCUT2D eigenvalue weighted by Gasteiger charge is 2.23. The molecule has 4 rings (SSSR count). The van der Waals surface area contributed by atoms with Crippen LogP contribution >= 0.6 is 11.8 Å². The lowest BCUT2D eigenvalue weighted by atomic mass is 10.1. The van der Waals surface area contributed by atoms with E-state index in [2.05, 4.69) is 20.3 Å². The van der Waals surface area contributed by atoms with E-state index in [1.54, 1.807) is 20.1 Å². The first-order valence-corrected chi connectivity index (χ1v) is 9.10. The van der Waals surface area contributed by atoms with Crippen LogP contribution in [0.5, 0.6) is 5.75 Å². The van der Waals surface area contributed by atoms with Crippen molar-refractivity contribution >= 4 is 45.4 Å². The van der Waals surface area contributed by atoms with Crippen LogP contribution in [0.2, 0.25) is 0 Å². The number of esters is 1. The minimum absolute atomic E-state index is 0.110. The number of benzene rings is 1. The molecule has 3 heterocycles. The molecule has 0 spiro atoms. The van der Waals surface area contributed by atoms with E-state index >= 15 is 0 Å². The average molecular weight is 384 g/mol. The summed E-state index contributed by atoms with van der Waals surface area (Å²) in [6.45, 7) is 2.03. The number of anilines is 2. The van der Waals surface area contributed by atoms with E-state index in [1.807, 2.05) is 12.1 Å². The van der Waals surface area contributed by atoms with Crippen LogP contribution in [0.4, 0.5) is 11.5 Å². The highest BCUT2D eigenvalue weighted by atomic mass is 32.2. The third-order valence-electron chi connectivity index (χ3n) is 4.12. The minimum atomic E-state index is -0.452. The van der Waals surface area contributed by atoms with Crippen LogP contribution in [0.3, 0.4) is 0 Å². The second-order valence-electron chi connectivity index (χ2n) is 5.82. The van der Waals surface area contributed by atoms with Crippen molar-refractivity contribution in [3.05, 3.63) is 35.8 Å². The average Bonchev–Trinajstić information content (AvgIpc) is 3.24. The Bertz CT molecular complexity index is 1060. The number of ether oxygens (including phenoxy) is 2. The summed E-state index contributed by atoms with van der Waals surface area (Å²) in [7, 11) is 1.57. The van der Waals surface area contributed by atoms with Crippen LogP contribution in [0.25, 0.3) is 11.0 Å². The predicted octanol–water partition coefficient (Wildman–Crippen LogP) is 3.06. The molecule has 0 amide bonds. The molecule has 0 fully saturated rings. The van der Waals surface area contributed by atoms with Gasteiger partial charge in [0.25, 0.3) is 0 Å². The van der Waals surface area contributed by atoms with Crippen LogP contribution in [-0.4, -0.2) is 39.8 Å². The normalized spacial score (nSPS) is 12.9. The molecule has 1 aromatic carbocycles. The van der Waals surface area contributed by atoms with E-state index in [0.717, 1.165) is 10.5 Å². The number of nitrogens with one attached hydrogen (secondary N) is 2. The SMILES string of the molecule is CCOC(=O)c1cc2c(Nc3cc4c(cc3OC)CC(=O)S4)ncnc2[nH]1. The molecule has 0 bridgehead atoms. The number of aromatic nitrogens is 3. The maximum atomic E-state index is 12.0. The molecule has 2 aromatic heterocycles. The van der Waals surface area contributed by atoms with Gasteiger partial charge in [0.1, 0.15) is 29.2 Å². The third kappa shape index (κ3) is 3.21. The maximum absolute atomic E-state index is 12.0. The number of aromatic amines is 1. The zero-order chi connectivity index (χ0) is 19.0. The lowest BCUT2D eigenvalue weighted by Crippen LogP contribution is -2.04. The van der Waals surface area contributed by atoms with Gasteiger partial charge in [-0.3, -0.25) is 4.79 Å². The van der Waals surface area contributed by atoms with Crippen molar-refractivity contribution in [3.8, 4) is 5.75 Å². The number of thioether (sulfide) groups is 1. The Kier molecular flexibility index (Phi) is 4.44. The molecular formula is C18H16N4O4S. The van der Waals surface area contributed by atoms with E-state index in [0.29, 0.717) is 40.4 Å². The molecule has 0 saturated carbocycles. The van der Waals surface area contributed by atoms with Crippen molar-refractivity contribution in [1.29, 1.82) is 0 Å². The van der Waals surface area contributed by atoms with Gasteiger partial charge in [-0.15, -0.1) is 0 Å². The summed E-state index contributed by atoms with van der Waals surface area (Å²) in [6.07, 6.45) is 1.79. The number of carbonyl (C=O) groups is 2. The largest absolute Gasteiger partial charge is 0.495 e. The summed E-state index contributed by atoms with van der Waals surface area (Å²) in [5, 5.41) is 3.98. The first kappa shape index (κ1) is 17.3. The monoisotopic (exact) mass is 384 g/mol. The Labute approximate surface area is 158 Å². The highest BCUT2D eigenvalue weighted by Crippen LogP contribution is 2.40. The molecule has 0 aliphatic carbocycles. The van der Waals surface area contributed by atoms with Crippen molar-refractivity contribution in [3.63, 3.8) is 0 Å². The molecule has 9 heteroatoms. The Hall–Kier alpha value is -3.07. The van der Waals surface area contributed by atoms with Crippen LogP contribution in [-0.2, 0) is 16.0 Å². The van der Waals surface area contributed by atoms with Crippen molar-refractivity contribution in [2.24, 2.45) is 0 Å². The smallest absolute Gasteiger partial charge is 0.354 e. The number of fused-ring (bicyclic) bond motifs is 2. The van der Waals surface area contributed by atoms with Gasteiger partial charge in [0.2, 0.25) is 0 Å². The Morgan fingerprint density at radius 2 is 2.19 bits per heavy atom. The zero-order valence-corrected chi connectivity index (χ0v) is 15.5. The van der Waals surface area contributed by atoms with Crippen molar-refractivity contribution in [1.82, 2.24) is 15.0 Å². The Morgan fingerprint density at radius 3 is 2.96 bits per heavy atom. The number of nitrogens with zero attached hydrogens (tertiary/aromatic N) is 2. The summed E-state index contributed by atoms with van der Waals surface area (Å²) >= 11 is 1.22. The molecule has 1 aliphatic heterocycles. The van der Waals surface area contributed by atoms with Gasteiger partial charge >= 0.3 is 5.97 Å². The minimum Gasteiger partial charge on any atom is -0.495 e. The number of H-pyrrole nitrogens is 1. The summed E-state index contributed by atoms with van der Waals surface area (Å²) in [4.78, 5) is 35.9. The standard InChI is InChI=1S/C18H16N4O4S/c1-3-26-18(24)12-6-10-16(19-8-20-17(10)22-12)21-11-7-14-9(4-13(11)25-2)5-15(23)27-14/h4,6-8H,3,5H2,1-2H3,(H2,19,20,21,22). The van der Waals surface area contributed by atoms with E-state index in [1.165, 1.54) is 18.1 Å². The van der Waals surface area contributed by atoms with Crippen molar-refractivity contribution in [2.45, 2.75) is 18.2 Å². The van der Waals surface area contributed by atoms with Crippen LogP contribution in [0.1, 0.15) is 23.0 Å². The van der Waals surface area contributed by atoms with E-state index < -0.39 is 5.97 Å². The van der Waals surface area contributed by atoms with Gasteiger partial charge in [0, 0.05) is 11.3 Å². The van der Waals surface area contributed by atoms with Crippen molar-refractivity contribution in [2.75, 3.05) is 19.0 Å². The van der Waals surface area contributed by atoms with Gasteiger partial charge in [-0.1, -0.05) is 11.8 Å². The second kappa shape index (κ2) is 6.92. The maximum Gasteiger partial charge on any atom is 0.354 e. The molecular weight excluding hydrogens is 368 g/mol. The number of hydrogen-bond donors (Lipinski definition) is 2. The van der Waals surface area contributed by atoms with Gasteiger partial charge in [0.15, 0.2) is 5.12 Å². The first-order valence-electron chi connectivity index (χ1n) is 8.28. The van der Waals surface area contributed by atoms with E-state index in [4.69, 9.17) is 9.47 Å². The summed E-state index contributed by atoms with van der Waals surface area (Å²) < 4.78 is 10.5. The summed E-state index contributed by atoms with van der Waals surface area (Å²) in [5.41, 5.74) is 2.45. The molecule has 2 N–H and O–H groups in total. The molecule has 3 aromatic rings. The number of rotatable bonds is 5. The molecule has 138 valence electrons. The zero-order valence-electron chi connectivity index (χ0n) is 14.7. The molecule has 0 unspecified atom stereocenters. The lowest BCUT2D eigenvalue weighted by Gasteiger charge is -2.13. The fourth-order valence-electron chi connectivity index (χ4n) is 2.90. The topological polar surface area (TPSA) is 106 Å². The highest BCUT2D eigenvalue weighted by molar-refractivity contribution is 8.14. The Morgan fingerprint density at radius 1 is 1.33 bits per heavy atom. The van der Waals surface area contributed by atoms with Gasteiger partial charge in [0.05, 0.1) is 24.8 Å². The van der Waals surface area contributed by atoms with Crippen molar-refractivity contribution < 1.29 is 19.1 Å². The van der Waals surface area contributed by atoms with Gasteiger partial charge < -0.3 is 19.8 Å². The Balaban J connectivity index is 1.73. The molecule has 1 aliphatic rings. The summed E-state index contributed by atoms with van der Waals surface area (Å²) in [6, 6.07) is 5.37. The third-order valence-corrected chi connectivity index (χ3v) is 5.09. The first-order chi connectivity index (χ1) is 13.1. The molecule has 8 nitrogen and oxygen atoms in total. The molecule has 0 saturated heterocycles. The van der Waals surface area contributed by atoms with E-state index in [9.17, 15) is 9.59 Å². The van der Waals surface area contributed by atoms with Gasteiger partial charge in [-0.05, 0) is 30.7 Å². The van der Waals surface area contributed by atoms with Gasteiger partial charge in [-0.2, -0.15) is 0 Å². The summed E-state index contributed by atoms with van der Waals surface area (Å²) in [5.74, 6) is 0.669. The molecule has 0 atom stereocenters. The van der Waals surface area contributed by atoms with E-state index in [-0.39, 0.29) is 11.7 Å². The molecule has 27 heavy (non-hydrogen) atoms. The predicted molar refractivity (Wildman–Crippen MR) is 101 cm³/mol. The van der Waals surface area contributed by atoms with Crippen LogP contribution in [0.15, 0.2) is 29.4 Å². The molecule has 0 radical (unpaired) electrons. The number of hydrogen-bond acceptors (Lipinski definition) is 8. The lowest BCUT2D eigenvalue weighted by molar-refractivity contribution is -0.110.